The van der Waals surface area contributed by atoms with Gasteiger partial charge < -0.3 is 20.3 Å². The molecule has 0 atom stereocenters. The van der Waals surface area contributed by atoms with E-state index in [2.05, 4.69) is 58.3 Å². The molecule has 1 aliphatic rings. The Balaban J connectivity index is 0.00000364. The third-order valence-corrected chi connectivity index (χ3v) is 4.48. The quantitative estimate of drug-likeness (QED) is 0.255. The van der Waals surface area contributed by atoms with E-state index in [-0.39, 0.29) is 24.0 Å². The van der Waals surface area contributed by atoms with Gasteiger partial charge in [0.2, 0.25) is 0 Å². The van der Waals surface area contributed by atoms with Crippen LogP contribution in [0.25, 0.3) is 0 Å². The molecular formula is C20H36IN5O. The lowest BCUT2D eigenvalue weighted by atomic mass is 10.2. The van der Waals surface area contributed by atoms with E-state index in [0.29, 0.717) is 6.04 Å². The van der Waals surface area contributed by atoms with Crippen LogP contribution in [-0.4, -0.2) is 69.8 Å². The first-order chi connectivity index (χ1) is 12.6. The van der Waals surface area contributed by atoms with Crippen LogP contribution in [0.3, 0.4) is 0 Å². The van der Waals surface area contributed by atoms with E-state index in [9.17, 15) is 0 Å². The molecule has 154 valence electrons. The molecule has 1 saturated heterocycles. The van der Waals surface area contributed by atoms with E-state index >= 15 is 0 Å². The Morgan fingerprint density at radius 3 is 2.37 bits per heavy atom. The van der Waals surface area contributed by atoms with Gasteiger partial charge in [0.05, 0.1) is 7.11 Å². The summed E-state index contributed by atoms with van der Waals surface area (Å²) in [5, 5.41) is 6.66. The van der Waals surface area contributed by atoms with Gasteiger partial charge in [0.25, 0.3) is 0 Å². The molecule has 1 aliphatic heterocycles. The summed E-state index contributed by atoms with van der Waals surface area (Å²) < 4.78 is 5.24. The van der Waals surface area contributed by atoms with E-state index in [1.54, 1.807) is 7.11 Å². The number of halogens is 1. The first-order valence-corrected chi connectivity index (χ1v) is 9.78. The fourth-order valence-electron chi connectivity index (χ4n) is 3.10. The molecule has 6 nitrogen and oxygen atoms in total. The lowest BCUT2D eigenvalue weighted by Crippen LogP contribution is -2.46. The molecule has 0 aliphatic carbocycles. The summed E-state index contributed by atoms with van der Waals surface area (Å²) in [5.74, 6) is 1.84. The second-order valence-corrected chi connectivity index (χ2v) is 6.94. The Morgan fingerprint density at radius 2 is 1.81 bits per heavy atom. The van der Waals surface area contributed by atoms with Gasteiger partial charge in [-0.15, -0.1) is 24.0 Å². The summed E-state index contributed by atoms with van der Waals surface area (Å²) in [6.07, 6.45) is 1.09. The highest BCUT2D eigenvalue weighted by Gasteiger charge is 2.16. The van der Waals surface area contributed by atoms with Gasteiger partial charge in [-0.25, -0.2) is 0 Å². The molecule has 0 radical (unpaired) electrons. The molecule has 0 spiro atoms. The second-order valence-electron chi connectivity index (χ2n) is 6.94. The molecule has 27 heavy (non-hydrogen) atoms. The predicted molar refractivity (Wildman–Crippen MR) is 126 cm³/mol. The van der Waals surface area contributed by atoms with Gasteiger partial charge in [-0.2, -0.15) is 0 Å². The summed E-state index contributed by atoms with van der Waals surface area (Å²) in [6, 6.07) is 8.76. The average Bonchev–Trinajstić information content (AvgIpc) is 2.65. The molecule has 1 heterocycles. The Kier molecular flexibility index (Phi) is 11.5. The van der Waals surface area contributed by atoms with E-state index in [4.69, 9.17) is 4.74 Å². The third-order valence-electron chi connectivity index (χ3n) is 4.48. The van der Waals surface area contributed by atoms with Crippen LogP contribution in [0, 0.1) is 0 Å². The Morgan fingerprint density at radius 1 is 1.15 bits per heavy atom. The number of piperazine rings is 1. The van der Waals surface area contributed by atoms with Crippen LogP contribution in [0.2, 0.25) is 0 Å². The van der Waals surface area contributed by atoms with Crippen LogP contribution >= 0.6 is 24.0 Å². The maximum atomic E-state index is 5.24. The smallest absolute Gasteiger partial charge is 0.191 e. The molecule has 0 saturated carbocycles. The number of guanidine groups is 1. The monoisotopic (exact) mass is 489 g/mol. The molecule has 2 rings (SSSR count). The minimum atomic E-state index is 0. The Labute approximate surface area is 181 Å². The number of rotatable bonds is 8. The van der Waals surface area contributed by atoms with E-state index in [1.807, 2.05) is 12.1 Å². The number of nitrogens with one attached hydrogen (secondary N) is 2. The van der Waals surface area contributed by atoms with Crippen molar-refractivity contribution in [3.63, 3.8) is 0 Å². The topological polar surface area (TPSA) is 52.1 Å². The third kappa shape index (κ3) is 8.55. The fourth-order valence-corrected chi connectivity index (χ4v) is 3.10. The normalized spacial score (nSPS) is 15.4. The van der Waals surface area contributed by atoms with Crippen molar-refractivity contribution in [2.24, 2.45) is 4.99 Å². The molecular weight excluding hydrogens is 453 g/mol. The lowest BCUT2D eigenvalue weighted by molar-refractivity contribution is 0.256. The minimum Gasteiger partial charge on any atom is -0.497 e. The molecule has 7 heteroatoms. The van der Waals surface area contributed by atoms with Gasteiger partial charge in [0.1, 0.15) is 5.75 Å². The Hall–Kier alpha value is -1.22. The zero-order chi connectivity index (χ0) is 18.8. The maximum Gasteiger partial charge on any atom is 0.191 e. The van der Waals surface area contributed by atoms with E-state index in [1.165, 1.54) is 5.69 Å². The van der Waals surface area contributed by atoms with Crippen molar-refractivity contribution in [3.05, 3.63) is 24.3 Å². The van der Waals surface area contributed by atoms with Crippen LogP contribution in [0.15, 0.2) is 29.3 Å². The maximum absolute atomic E-state index is 5.24. The molecule has 0 bridgehead atoms. The van der Waals surface area contributed by atoms with Gasteiger partial charge in [-0.1, -0.05) is 0 Å². The fraction of sp³-hybridized carbons (Fsp3) is 0.650. The van der Waals surface area contributed by atoms with Crippen LogP contribution in [0.5, 0.6) is 5.75 Å². The van der Waals surface area contributed by atoms with Crippen molar-refractivity contribution in [1.29, 1.82) is 0 Å². The zero-order valence-corrected chi connectivity index (χ0v) is 19.5. The molecule has 2 N–H and O–H groups in total. The SMILES string of the molecule is CCNC(=NCCCN1CCN(c2ccc(OC)cc2)CC1)NC(C)C.I. The summed E-state index contributed by atoms with van der Waals surface area (Å²) in [5.41, 5.74) is 1.28. The highest BCUT2D eigenvalue weighted by molar-refractivity contribution is 14.0. The van der Waals surface area contributed by atoms with Crippen LogP contribution in [0.1, 0.15) is 27.2 Å². The van der Waals surface area contributed by atoms with Crippen LogP contribution < -0.4 is 20.3 Å². The van der Waals surface area contributed by atoms with Gasteiger partial charge in [-0.05, 0) is 51.5 Å². The first-order valence-electron chi connectivity index (χ1n) is 9.78. The van der Waals surface area contributed by atoms with Crippen molar-refractivity contribution >= 4 is 35.6 Å². The molecule has 1 aromatic rings. The van der Waals surface area contributed by atoms with Crippen molar-refractivity contribution in [2.75, 3.05) is 57.8 Å². The summed E-state index contributed by atoms with van der Waals surface area (Å²) in [4.78, 5) is 9.65. The average molecular weight is 489 g/mol. The summed E-state index contributed by atoms with van der Waals surface area (Å²) in [7, 11) is 1.71. The second kappa shape index (κ2) is 13.0. The van der Waals surface area contributed by atoms with Crippen LogP contribution in [-0.2, 0) is 0 Å². The lowest BCUT2D eigenvalue weighted by Gasteiger charge is -2.36. The number of ether oxygens (including phenoxy) is 1. The van der Waals surface area contributed by atoms with Crippen molar-refractivity contribution in [3.8, 4) is 5.75 Å². The number of hydrogen-bond donors (Lipinski definition) is 2. The number of aliphatic imine (C=N–C) groups is 1. The molecule has 0 amide bonds. The summed E-state index contributed by atoms with van der Waals surface area (Å²) in [6.45, 7) is 13.6. The molecule has 0 aromatic heterocycles. The number of methoxy groups -OCH3 is 1. The Bertz CT molecular complexity index is 542. The van der Waals surface area contributed by atoms with Gasteiger partial charge in [0.15, 0.2) is 5.96 Å². The van der Waals surface area contributed by atoms with Gasteiger partial charge in [-0.3, -0.25) is 9.89 Å². The number of hydrogen-bond acceptors (Lipinski definition) is 4. The first kappa shape index (κ1) is 23.8. The highest BCUT2D eigenvalue weighted by atomic mass is 127. The van der Waals surface area contributed by atoms with E-state index < -0.39 is 0 Å². The predicted octanol–water partition coefficient (Wildman–Crippen LogP) is 2.79. The molecule has 0 unspecified atom stereocenters. The minimum absolute atomic E-state index is 0. The van der Waals surface area contributed by atoms with Crippen molar-refractivity contribution < 1.29 is 4.74 Å². The summed E-state index contributed by atoms with van der Waals surface area (Å²) >= 11 is 0. The van der Waals surface area contributed by atoms with Gasteiger partial charge in [0, 0.05) is 57.5 Å². The number of benzene rings is 1. The largest absolute Gasteiger partial charge is 0.497 e. The number of nitrogens with zero attached hydrogens (tertiary/aromatic N) is 3. The number of anilines is 1. The van der Waals surface area contributed by atoms with E-state index in [0.717, 1.165) is 63.9 Å². The van der Waals surface area contributed by atoms with Crippen molar-refractivity contribution in [1.82, 2.24) is 15.5 Å². The van der Waals surface area contributed by atoms with Crippen molar-refractivity contribution in [2.45, 2.75) is 33.2 Å². The van der Waals surface area contributed by atoms with Crippen LogP contribution in [0.4, 0.5) is 5.69 Å². The standard InChI is InChI=1S/C20H35N5O.HI/c1-5-21-20(23-17(2)3)22-11-6-12-24-13-15-25(16-14-24)18-7-9-19(26-4)10-8-18;/h7-10,17H,5-6,11-16H2,1-4H3,(H2,21,22,23);1H. The van der Waals surface area contributed by atoms with Gasteiger partial charge >= 0.3 is 0 Å². The molecule has 1 fully saturated rings. The highest BCUT2D eigenvalue weighted by Crippen LogP contribution is 2.20. The molecule has 1 aromatic carbocycles. The zero-order valence-electron chi connectivity index (χ0n) is 17.2.